The minimum absolute atomic E-state index is 0.189. The van der Waals surface area contributed by atoms with Gasteiger partial charge in [0, 0.05) is 18.2 Å². The number of phenols is 4. The van der Waals surface area contributed by atoms with E-state index in [0.29, 0.717) is 6.08 Å². The number of carboxylic acids is 2. The van der Waals surface area contributed by atoms with Crippen LogP contribution in [0.3, 0.4) is 0 Å². The minimum Gasteiger partial charge on any atom is -0.504 e. The van der Waals surface area contributed by atoms with Crippen LogP contribution in [0.4, 0.5) is 0 Å². The Kier molecular flexibility index (Phi) is 10.0. The number of aromatic hydroxyl groups is 4. The molecule has 3 unspecified atom stereocenters. The molecule has 0 aliphatic heterocycles. The topological polar surface area (TPSA) is 249 Å². The number of hydrogen-bond acceptors (Lipinski definition) is 12. The Morgan fingerprint density at radius 1 is 0.692 bits per heavy atom. The predicted molar refractivity (Wildman–Crippen MR) is 129 cm³/mol. The first-order valence-corrected chi connectivity index (χ1v) is 10.6. The molecule has 206 valence electrons. The zero-order valence-electron chi connectivity index (χ0n) is 19.6. The van der Waals surface area contributed by atoms with Crippen LogP contribution >= 0.6 is 0 Å². The molecule has 0 heterocycles. The number of ether oxygens (including phenoxy) is 2. The lowest BCUT2D eigenvalue weighted by molar-refractivity contribution is -0.176. The van der Waals surface area contributed by atoms with E-state index in [-0.39, 0.29) is 11.1 Å². The summed E-state index contributed by atoms with van der Waals surface area (Å²) in [5.41, 5.74) is 0.385. The lowest BCUT2D eigenvalue weighted by Gasteiger charge is -2.26. The van der Waals surface area contributed by atoms with Crippen LogP contribution in [0.15, 0.2) is 60.4 Å². The van der Waals surface area contributed by atoms with E-state index < -0.39 is 70.9 Å². The van der Waals surface area contributed by atoms with Gasteiger partial charge in [-0.3, -0.25) is 0 Å². The van der Waals surface area contributed by atoms with Crippen LogP contribution in [0.1, 0.15) is 11.1 Å². The maximum absolute atomic E-state index is 12.4. The molecule has 8 N–H and O–H groups in total. The summed E-state index contributed by atoms with van der Waals surface area (Å²) in [4.78, 5) is 47.3. The van der Waals surface area contributed by atoms with Gasteiger partial charge < -0.3 is 50.3 Å². The number of benzene rings is 2. The molecule has 0 saturated carbocycles. The van der Waals surface area contributed by atoms with Crippen molar-refractivity contribution in [3.63, 3.8) is 0 Å². The van der Waals surface area contributed by atoms with E-state index in [1.54, 1.807) is 0 Å². The number of aliphatic carboxylic acids is 2. The van der Waals surface area contributed by atoms with E-state index in [4.69, 9.17) is 14.6 Å². The Morgan fingerprint density at radius 3 is 1.56 bits per heavy atom. The van der Waals surface area contributed by atoms with E-state index in [1.807, 2.05) is 0 Å². The molecule has 0 saturated heterocycles. The Morgan fingerprint density at radius 2 is 1.15 bits per heavy atom. The van der Waals surface area contributed by atoms with Gasteiger partial charge >= 0.3 is 23.9 Å². The molecule has 39 heavy (non-hydrogen) atoms. The highest BCUT2D eigenvalue weighted by molar-refractivity contribution is 5.89. The molecule has 2 aromatic carbocycles. The molecular formula is C25H22O14. The summed E-state index contributed by atoms with van der Waals surface area (Å²) < 4.78 is 9.86. The summed E-state index contributed by atoms with van der Waals surface area (Å²) in [6.07, 6.45) is -3.04. The molecule has 0 aromatic heterocycles. The number of esters is 2. The third-order valence-corrected chi connectivity index (χ3v) is 4.76. The fourth-order valence-electron chi connectivity index (χ4n) is 2.84. The number of rotatable bonds is 11. The third kappa shape index (κ3) is 8.83. The highest BCUT2D eigenvalue weighted by Crippen LogP contribution is 2.26. The number of aliphatic hydroxyl groups is 2. The Bertz CT molecular complexity index is 1340. The van der Waals surface area contributed by atoms with Crippen LogP contribution in [-0.4, -0.2) is 83.0 Å². The zero-order valence-corrected chi connectivity index (χ0v) is 19.6. The summed E-state index contributed by atoms with van der Waals surface area (Å²) >= 11 is 0. The molecule has 2 aromatic rings. The monoisotopic (exact) mass is 546 g/mol. The van der Waals surface area contributed by atoms with Gasteiger partial charge in [-0.25, -0.2) is 19.2 Å². The minimum atomic E-state index is -2.58. The second-order valence-corrected chi connectivity index (χ2v) is 7.61. The van der Waals surface area contributed by atoms with Crippen LogP contribution in [0.2, 0.25) is 0 Å². The molecule has 0 spiro atoms. The lowest BCUT2D eigenvalue weighted by atomic mass is 10.1. The first-order chi connectivity index (χ1) is 18.3. The van der Waals surface area contributed by atoms with Crippen LogP contribution in [0.5, 0.6) is 23.0 Å². The molecule has 14 heteroatoms. The summed E-state index contributed by atoms with van der Waals surface area (Å²) in [5, 5.41) is 75.7. The second kappa shape index (κ2) is 13.2. The van der Waals surface area contributed by atoms with Gasteiger partial charge in [0.15, 0.2) is 41.3 Å². The van der Waals surface area contributed by atoms with E-state index in [0.717, 1.165) is 48.6 Å². The molecule has 0 amide bonds. The second-order valence-electron chi connectivity index (χ2n) is 7.61. The van der Waals surface area contributed by atoms with Crippen molar-refractivity contribution in [2.24, 2.45) is 0 Å². The van der Waals surface area contributed by atoms with Gasteiger partial charge in [0.25, 0.3) is 0 Å². The van der Waals surface area contributed by atoms with E-state index in [9.17, 15) is 54.9 Å². The predicted octanol–water partition coefficient (Wildman–Crippen LogP) is 1.03. The van der Waals surface area contributed by atoms with Gasteiger partial charge in [-0.2, -0.15) is 0 Å². The molecule has 2 rings (SSSR count). The number of carbonyl (C=O) groups is 4. The standard InChI is InChI=1S/C25H22O14/c26-14-5-1-12(9-16(14)28)3-7-20(31)38-19(11-18(30)24(34)35)23(22(33)25(36)37)39-21(32)8-4-13-2-6-15(27)17(29)10-13/h1-11,19,22-23,26-30,33H,(H,34,35)(H,36,37). The van der Waals surface area contributed by atoms with E-state index in [2.05, 4.69) is 0 Å². The van der Waals surface area contributed by atoms with Gasteiger partial charge in [0.2, 0.25) is 5.76 Å². The summed E-state index contributed by atoms with van der Waals surface area (Å²) in [5.74, 6) is -9.81. The van der Waals surface area contributed by atoms with Crippen molar-refractivity contribution >= 4 is 36.0 Å². The molecule has 14 nitrogen and oxygen atoms in total. The number of carboxylic acid groups (broad SMARTS) is 2. The average molecular weight is 546 g/mol. The Hall–Kier alpha value is -5.50. The van der Waals surface area contributed by atoms with Crippen LogP contribution < -0.4 is 0 Å². The molecule has 0 fully saturated rings. The highest BCUT2D eigenvalue weighted by atomic mass is 16.6. The zero-order chi connectivity index (χ0) is 29.3. The fourth-order valence-corrected chi connectivity index (χ4v) is 2.84. The summed E-state index contributed by atoms with van der Waals surface area (Å²) in [7, 11) is 0. The van der Waals surface area contributed by atoms with Crippen LogP contribution in [-0.2, 0) is 28.7 Å². The van der Waals surface area contributed by atoms with Gasteiger partial charge in [0.05, 0.1) is 0 Å². The quantitative estimate of drug-likeness (QED) is 0.0849. The summed E-state index contributed by atoms with van der Waals surface area (Å²) in [6.45, 7) is 0. The van der Waals surface area contributed by atoms with Gasteiger partial charge in [0.1, 0.15) is 0 Å². The van der Waals surface area contributed by atoms with Crippen molar-refractivity contribution in [3.8, 4) is 23.0 Å². The van der Waals surface area contributed by atoms with Crippen molar-refractivity contribution in [1.82, 2.24) is 0 Å². The number of phenolic OH excluding ortho intramolecular Hbond substituents is 4. The smallest absolute Gasteiger partial charge is 0.370 e. The number of hydrogen-bond donors (Lipinski definition) is 8. The average Bonchev–Trinajstić information content (AvgIpc) is 2.87. The van der Waals surface area contributed by atoms with Crippen molar-refractivity contribution in [1.29, 1.82) is 0 Å². The Balaban J connectivity index is 2.34. The molecule has 0 aliphatic rings. The van der Waals surface area contributed by atoms with Crippen molar-refractivity contribution in [2.45, 2.75) is 18.3 Å². The normalized spacial score (nSPS) is 14.0. The van der Waals surface area contributed by atoms with Crippen molar-refractivity contribution < 1.29 is 69.5 Å². The lowest BCUT2D eigenvalue weighted by Crippen LogP contribution is -2.46. The van der Waals surface area contributed by atoms with Crippen molar-refractivity contribution in [3.05, 3.63) is 71.5 Å². The maximum Gasteiger partial charge on any atom is 0.370 e. The van der Waals surface area contributed by atoms with Crippen molar-refractivity contribution in [2.75, 3.05) is 0 Å². The first kappa shape index (κ1) is 29.7. The third-order valence-electron chi connectivity index (χ3n) is 4.76. The SMILES string of the molecule is O=C(C=Cc1ccc(O)c(O)c1)OC(C=C(O)C(=O)O)C(OC(=O)C=Cc1ccc(O)c(O)c1)C(O)C(=O)O. The van der Waals surface area contributed by atoms with Crippen LogP contribution in [0, 0.1) is 0 Å². The largest absolute Gasteiger partial charge is 0.504 e. The molecule has 0 aliphatic carbocycles. The fraction of sp³-hybridized carbons (Fsp3) is 0.120. The van der Waals surface area contributed by atoms with Gasteiger partial charge in [-0.1, -0.05) is 12.1 Å². The first-order valence-electron chi connectivity index (χ1n) is 10.6. The molecule has 0 bridgehead atoms. The highest BCUT2D eigenvalue weighted by Gasteiger charge is 2.38. The Labute approximate surface area is 218 Å². The van der Waals surface area contributed by atoms with E-state index >= 15 is 0 Å². The van der Waals surface area contributed by atoms with Gasteiger partial charge in [-0.15, -0.1) is 0 Å². The summed E-state index contributed by atoms with van der Waals surface area (Å²) in [6, 6.07) is 6.96. The van der Waals surface area contributed by atoms with E-state index in [1.165, 1.54) is 12.1 Å². The molecular weight excluding hydrogens is 524 g/mol. The number of aliphatic hydroxyl groups excluding tert-OH is 2. The maximum atomic E-state index is 12.4. The number of carbonyl (C=O) groups excluding carboxylic acids is 2. The van der Waals surface area contributed by atoms with Crippen LogP contribution in [0.25, 0.3) is 12.2 Å². The van der Waals surface area contributed by atoms with Gasteiger partial charge in [-0.05, 0) is 47.5 Å². The molecule has 0 radical (unpaired) electrons. The molecule has 3 atom stereocenters.